The Morgan fingerprint density at radius 1 is 0.909 bits per heavy atom. The molecule has 124 valence electrons. The van der Waals surface area contributed by atoms with E-state index in [1.807, 2.05) is 50.3 Å². The van der Waals surface area contributed by atoms with E-state index in [2.05, 4.69) is 0 Å². The molecule has 0 aliphatic carbocycles. The average Bonchev–Trinajstić information content (AvgIpc) is 2.47. The van der Waals surface area contributed by atoms with E-state index in [0.29, 0.717) is 0 Å². The Kier molecular flexibility index (Phi) is 11.8. The summed E-state index contributed by atoms with van der Waals surface area (Å²) in [7, 11) is 0. The van der Waals surface area contributed by atoms with E-state index in [1.165, 1.54) is 0 Å². The lowest BCUT2D eigenvalue weighted by Gasteiger charge is -2.21. The van der Waals surface area contributed by atoms with Crippen LogP contribution in [0.2, 0.25) is 0 Å². The minimum Gasteiger partial charge on any atom is -0.465 e. The molecule has 0 N–H and O–H groups in total. The minimum absolute atomic E-state index is 0.224. The Hall–Kier alpha value is -1.84. The van der Waals surface area contributed by atoms with Gasteiger partial charge >= 0.3 is 11.9 Å². The first-order valence-corrected chi connectivity index (χ1v) is 7.91. The zero-order chi connectivity index (χ0) is 16.8. The maximum Gasteiger partial charge on any atom is 0.320 e. The highest BCUT2D eigenvalue weighted by Crippen LogP contribution is 2.23. The third-order valence-corrected chi connectivity index (χ3v) is 3.02. The molecule has 0 radical (unpaired) electrons. The van der Waals surface area contributed by atoms with Crippen molar-refractivity contribution in [3.63, 3.8) is 0 Å². The number of esters is 2. The first-order chi connectivity index (χ1) is 10.6. The van der Waals surface area contributed by atoms with Gasteiger partial charge in [-0.1, -0.05) is 49.8 Å². The lowest BCUT2D eigenvalue weighted by molar-refractivity contribution is -0.163. The topological polar surface area (TPSA) is 52.6 Å². The van der Waals surface area contributed by atoms with E-state index < -0.39 is 17.9 Å². The molecule has 0 aromatic carbocycles. The Morgan fingerprint density at radius 3 is 1.91 bits per heavy atom. The van der Waals surface area contributed by atoms with Crippen molar-refractivity contribution in [3.8, 4) is 0 Å². The van der Waals surface area contributed by atoms with Crippen molar-refractivity contribution in [2.45, 2.75) is 40.5 Å². The number of carbonyl (C=O) groups is 2. The van der Waals surface area contributed by atoms with Crippen LogP contribution in [-0.4, -0.2) is 25.2 Å². The molecule has 0 saturated carbocycles. The molecule has 0 aromatic rings. The molecular weight excluding hydrogens is 280 g/mol. The van der Waals surface area contributed by atoms with Crippen molar-refractivity contribution in [1.29, 1.82) is 0 Å². The summed E-state index contributed by atoms with van der Waals surface area (Å²) in [5, 5.41) is 0. The number of rotatable bonds is 10. The quantitative estimate of drug-likeness (QED) is 0.349. The molecule has 0 rings (SSSR count). The van der Waals surface area contributed by atoms with Crippen LogP contribution in [0.3, 0.4) is 0 Å². The lowest BCUT2D eigenvalue weighted by Crippen LogP contribution is -2.33. The molecular formula is C18H28O4. The third-order valence-electron chi connectivity index (χ3n) is 3.02. The van der Waals surface area contributed by atoms with Crippen LogP contribution in [0.1, 0.15) is 40.5 Å². The third kappa shape index (κ3) is 7.81. The predicted molar refractivity (Wildman–Crippen MR) is 88.2 cm³/mol. The Balaban J connectivity index is 5.19. The molecule has 0 aliphatic rings. The van der Waals surface area contributed by atoms with Crippen molar-refractivity contribution in [1.82, 2.24) is 0 Å². The van der Waals surface area contributed by atoms with Gasteiger partial charge in [0, 0.05) is 5.92 Å². The summed E-state index contributed by atoms with van der Waals surface area (Å²) in [5.74, 6) is -2.15. The van der Waals surface area contributed by atoms with Crippen molar-refractivity contribution in [3.05, 3.63) is 36.5 Å². The van der Waals surface area contributed by atoms with Gasteiger partial charge in [-0.15, -0.1) is 0 Å². The molecule has 0 bridgehead atoms. The summed E-state index contributed by atoms with van der Waals surface area (Å²) < 4.78 is 10.1. The molecule has 4 nitrogen and oxygen atoms in total. The van der Waals surface area contributed by atoms with E-state index in [4.69, 9.17) is 9.47 Å². The van der Waals surface area contributed by atoms with Gasteiger partial charge in [0.05, 0.1) is 13.2 Å². The fourth-order valence-electron chi connectivity index (χ4n) is 2.06. The smallest absolute Gasteiger partial charge is 0.320 e. The molecule has 4 heteroatoms. The van der Waals surface area contributed by atoms with E-state index in [-0.39, 0.29) is 19.1 Å². The van der Waals surface area contributed by atoms with Crippen molar-refractivity contribution < 1.29 is 19.1 Å². The van der Waals surface area contributed by atoms with E-state index in [1.54, 1.807) is 13.8 Å². The van der Waals surface area contributed by atoms with Gasteiger partial charge < -0.3 is 9.47 Å². The Bertz CT molecular complexity index is 389. The highest BCUT2D eigenvalue weighted by Gasteiger charge is 2.35. The van der Waals surface area contributed by atoms with Gasteiger partial charge in [0.15, 0.2) is 5.92 Å². The van der Waals surface area contributed by atoms with Crippen LogP contribution >= 0.6 is 0 Å². The second kappa shape index (κ2) is 12.9. The predicted octanol–water partition coefficient (Wildman–Crippen LogP) is 3.83. The van der Waals surface area contributed by atoms with Crippen LogP contribution in [-0.2, 0) is 19.1 Å². The number of carbonyl (C=O) groups excluding carboxylic acids is 2. The standard InChI is InChI=1S/C18H28O4/c1-5-9-10-11-12-14-15(13-6-2)16(17(19)21-7-3)18(20)22-8-4/h5,9-12,14-16H,6-8,13H2,1-4H3/b9-5+,11-10+,14-12+. The summed E-state index contributed by atoms with van der Waals surface area (Å²) in [6.45, 7) is 7.90. The normalized spacial score (nSPS) is 13.3. The lowest BCUT2D eigenvalue weighted by atomic mass is 9.88. The highest BCUT2D eigenvalue weighted by molar-refractivity contribution is 5.95. The van der Waals surface area contributed by atoms with Crippen LogP contribution in [0.15, 0.2) is 36.5 Å². The summed E-state index contributed by atoms with van der Waals surface area (Å²) in [5.41, 5.74) is 0. The van der Waals surface area contributed by atoms with Crippen LogP contribution < -0.4 is 0 Å². The van der Waals surface area contributed by atoms with Crippen molar-refractivity contribution in [2.24, 2.45) is 11.8 Å². The highest BCUT2D eigenvalue weighted by atomic mass is 16.6. The Morgan fingerprint density at radius 2 is 1.45 bits per heavy atom. The number of hydrogen-bond acceptors (Lipinski definition) is 4. The summed E-state index contributed by atoms with van der Waals surface area (Å²) in [4.78, 5) is 24.2. The number of allylic oxidation sites excluding steroid dienone is 6. The number of hydrogen-bond donors (Lipinski definition) is 0. The molecule has 22 heavy (non-hydrogen) atoms. The largest absolute Gasteiger partial charge is 0.465 e. The molecule has 0 fully saturated rings. The molecule has 0 amide bonds. The summed E-state index contributed by atoms with van der Waals surface area (Å²) >= 11 is 0. The average molecular weight is 308 g/mol. The fraction of sp³-hybridized carbons (Fsp3) is 0.556. The maximum absolute atomic E-state index is 12.1. The Labute approximate surface area is 133 Å². The SMILES string of the molecule is C/C=C/C=C/C=C/C(CCC)C(C(=O)OCC)C(=O)OCC. The van der Waals surface area contributed by atoms with Crippen molar-refractivity contribution in [2.75, 3.05) is 13.2 Å². The van der Waals surface area contributed by atoms with Crippen LogP contribution in [0.5, 0.6) is 0 Å². The van der Waals surface area contributed by atoms with Gasteiger partial charge in [0.2, 0.25) is 0 Å². The molecule has 0 aromatic heterocycles. The molecule has 0 heterocycles. The van der Waals surface area contributed by atoms with Crippen molar-refractivity contribution >= 4 is 11.9 Å². The summed E-state index contributed by atoms with van der Waals surface area (Å²) in [6, 6.07) is 0. The molecule has 0 spiro atoms. The second-order valence-corrected chi connectivity index (χ2v) is 4.73. The monoisotopic (exact) mass is 308 g/mol. The van der Waals surface area contributed by atoms with E-state index in [9.17, 15) is 9.59 Å². The van der Waals surface area contributed by atoms with Crippen LogP contribution in [0.25, 0.3) is 0 Å². The van der Waals surface area contributed by atoms with Crippen LogP contribution in [0, 0.1) is 11.8 Å². The van der Waals surface area contributed by atoms with Gasteiger partial charge in [-0.3, -0.25) is 9.59 Å². The van der Waals surface area contributed by atoms with Gasteiger partial charge in [-0.05, 0) is 27.2 Å². The molecule has 1 unspecified atom stereocenters. The van der Waals surface area contributed by atoms with Crippen LogP contribution in [0.4, 0.5) is 0 Å². The van der Waals surface area contributed by atoms with Gasteiger partial charge in [0.25, 0.3) is 0 Å². The van der Waals surface area contributed by atoms with E-state index in [0.717, 1.165) is 12.8 Å². The fourth-order valence-corrected chi connectivity index (χ4v) is 2.06. The minimum atomic E-state index is -0.897. The van der Waals surface area contributed by atoms with Gasteiger partial charge in [-0.2, -0.15) is 0 Å². The maximum atomic E-state index is 12.1. The van der Waals surface area contributed by atoms with Gasteiger partial charge in [0.1, 0.15) is 0 Å². The summed E-state index contributed by atoms with van der Waals surface area (Å²) in [6.07, 6.45) is 12.9. The zero-order valence-corrected chi connectivity index (χ0v) is 14.1. The first kappa shape index (κ1) is 20.2. The molecule has 0 saturated heterocycles. The first-order valence-electron chi connectivity index (χ1n) is 7.91. The van der Waals surface area contributed by atoms with Gasteiger partial charge in [-0.25, -0.2) is 0 Å². The number of ether oxygens (including phenoxy) is 2. The van der Waals surface area contributed by atoms with E-state index >= 15 is 0 Å². The molecule has 0 aliphatic heterocycles. The molecule has 1 atom stereocenters. The second-order valence-electron chi connectivity index (χ2n) is 4.73. The zero-order valence-electron chi connectivity index (χ0n) is 14.1.